The van der Waals surface area contributed by atoms with Gasteiger partial charge in [-0.3, -0.25) is 4.79 Å². The van der Waals surface area contributed by atoms with Crippen LogP contribution in [0.2, 0.25) is 0 Å². The molecule has 2 rings (SSSR count). The number of furan rings is 1. The Morgan fingerprint density at radius 2 is 2.00 bits per heavy atom. The van der Waals surface area contributed by atoms with E-state index in [-0.39, 0.29) is 5.91 Å². The summed E-state index contributed by atoms with van der Waals surface area (Å²) in [5.41, 5.74) is 1.55. The SMILES string of the molecule is CCc1ccc(CNc2ccc(NC(C)=O)c(OC)c2)o1. The molecule has 1 heterocycles. The number of ether oxygens (including phenoxy) is 1. The second-order valence-corrected chi connectivity index (χ2v) is 4.67. The molecule has 1 amide bonds. The van der Waals surface area contributed by atoms with Crippen molar-refractivity contribution in [2.45, 2.75) is 26.8 Å². The first kappa shape index (κ1) is 15.0. The average Bonchev–Trinajstić information content (AvgIpc) is 2.93. The molecule has 0 bridgehead atoms. The Hall–Kier alpha value is -2.43. The van der Waals surface area contributed by atoms with Crippen molar-refractivity contribution < 1.29 is 13.9 Å². The third-order valence-corrected chi connectivity index (χ3v) is 3.04. The highest BCUT2D eigenvalue weighted by atomic mass is 16.5. The van der Waals surface area contributed by atoms with Gasteiger partial charge in [-0.25, -0.2) is 0 Å². The summed E-state index contributed by atoms with van der Waals surface area (Å²) in [5.74, 6) is 2.35. The molecule has 0 aliphatic rings. The number of carbonyl (C=O) groups is 1. The Bertz CT molecular complexity index is 620. The van der Waals surface area contributed by atoms with E-state index in [9.17, 15) is 4.79 Å². The summed E-state index contributed by atoms with van der Waals surface area (Å²) in [5, 5.41) is 5.99. The molecule has 0 spiro atoms. The van der Waals surface area contributed by atoms with Crippen LogP contribution in [0.15, 0.2) is 34.7 Å². The van der Waals surface area contributed by atoms with Crippen molar-refractivity contribution in [3.63, 3.8) is 0 Å². The minimum atomic E-state index is -0.128. The van der Waals surface area contributed by atoms with Gasteiger partial charge in [-0.1, -0.05) is 6.92 Å². The van der Waals surface area contributed by atoms with E-state index >= 15 is 0 Å². The summed E-state index contributed by atoms with van der Waals surface area (Å²) < 4.78 is 10.9. The largest absolute Gasteiger partial charge is 0.494 e. The van der Waals surface area contributed by atoms with Gasteiger partial charge in [0.1, 0.15) is 17.3 Å². The van der Waals surface area contributed by atoms with Crippen LogP contribution in [0.4, 0.5) is 11.4 Å². The van der Waals surface area contributed by atoms with E-state index in [1.165, 1.54) is 6.92 Å². The highest BCUT2D eigenvalue weighted by Crippen LogP contribution is 2.28. The number of anilines is 2. The van der Waals surface area contributed by atoms with Crippen LogP contribution in [0.25, 0.3) is 0 Å². The summed E-state index contributed by atoms with van der Waals surface area (Å²) >= 11 is 0. The van der Waals surface area contributed by atoms with Crippen molar-refractivity contribution in [1.82, 2.24) is 0 Å². The second-order valence-electron chi connectivity index (χ2n) is 4.67. The average molecular weight is 288 g/mol. The highest BCUT2D eigenvalue weighted by Gasteiger charge is 2.06. The fourth-order valence-electron chi connectivity index (χ4n) is 1.99. The summed E-state index contributed by atoms with van der Waals surface area (Å²) in [6.45, 7) is 4.12. The fourth-order valence-corrected chi connectivity index (χ4v) is 1.99. The molecule has 0 atom stereocenters. The lowest BCUT2D eigenvalue weighted by Crippen LogP contribution is -2.07. The van der Waals surface area contributed by atoms with E-state index in [2.05, 4.69) is 17.6 Å². The van der Waals surface area contributed by atoms with Crippen molar-refractivity contribution in [3.05, 3.63) is 41.9 Å². The van der Waals surface area contributed by atoms with Crippen molar-refractivity contribution in [2.24, 2.45) is 0 Å². The standard InChI is InChI=1S/C16H20N2O3/c1-4-13-6-7-14(21-13)10-17-12-5-8-15(18-11(2)19)16(9-12)20-3/h5-9,17H,4,10H2,1-3H3,(H,18,19). The molecule has 5 heteroatoms. The first-order valence-corrected chi connectivity index (χ1v) is 6.89. The van der Waals surface area contributed by atoms with E-state index in [0.717, 1.165) is 23.6 Å². The zero-order valence-corrected chi connectivity index (χ0v) is 12.5. The van der Waals surface area contributed by atoms with E-state index < -0.39 is 0 Å². The predicted octanol–water partition coefficient (Wildman–Crippen LogP) is 3.42. The van der Waals surface area contributed by atoms with Crippen molar-refractivity contribution in [3.8, 4) is 5.75 Å². The predicted molar refractivity (Wildman–Crippen MR) is 82.7 cm³/mol. The van der Waals surface area contributed by atoms with Crippen LogP contribution in [-0.4, -0.2) is 13.0 Å². The number of hydrogen-bond donors (Lipinski definition) is 2. The Morgan fingerprint density at radius 1 is 1.24 bits per heavy atom. The number of amides is 1. The summed E-state index contributed by atoms with van der Waals surface area (Å²) in [4.78, 5) is 11.1. The van der Waals surface area contributed by atoms with E-state index in [0.29, 0.717) is 18.0 Å². The van der Waals surface area contributed by atoms with Gasteiger partial charge in [0.05, 0.1) is 19.3 Å². The van der Waals surface area contributed by atoms with Crippen molar-refractivity contribution in [2.75, 3.05) is 17.7 Å². The van der Waals surface area contributed by atoms with Crippen LogP contribution in [0.3, 0.4) is 0 Å². The highest BCUT2D eigenvalue weighted by molar-refractivity contribution is 5.90. The van der Waals surface area contributed by atoms with Crippen molar-refractivity contribution >= 4 is 17.3 Å². The molecule has 5 nitrogen and oxygen atoms in total. The van der Waals surface area contributed by atoms with Gasteiger partial charge in [0.2, 0.25) is 5.91 Å². The quantitative estimate of drug-likeness (QED) is 0.855. The maximum absolute atomic E-state index is 11.1. The topological polar surface area (TPSA) is 63.5 Å². The van der Waals surface area contributed by atoms with Gasteiger partial charge in [0, 0.05) is 25.1 Å². The maximum Gasteiger partial charge on any atom is 0.221 e. The van der Waals surface area contributed by atoms with E-state index in [1.807, 2.05) is 30.3 Å². The molecule has 0 saturated carbocycles. The normalized spacial score (nSPS) is 10.2. The second kappa shape index (κ2) is 6.83. The third-order valence-electron chi connectivity index (χ3n) is 3.04. The number of rotatable bonds is 6. The summed E-state index contributed by atoms with van der Waals surface area (Å²) in [7, 11) is 1.57. The molecule has 21 heavy (non-hydrogen) atoms. The van der Waals surface area contributed by atoms with Gasteiger partial charge >= 0.3 is 0 Å². The van der Waals surface area contributed by atoms with Crippen LogP contribution >= 0.6 is 0 Å². The molecule has 1 aromatic carbocycles. The molecule has 0 fully saturated rings. The van der Waals surface area contributed by atoms with Gasteiger partial charge in [0.15, 0.2) is 0 Å². The molecule has 2 aromatic rings. The zero-order valence-electron chi connectivity index (χ0n) is 12.5. The molecule has 0 aliphatic heterocycles. The summed E-state index contributed by atoms with van der Waals surface area (Å²) in [6, 6.07) is 9.49. The van der Waals surface area contributed by atoms with Crippen molar-refractivity contribution in [1.29, 1.82) is 0 Å². The first-order valence-electron chi connectivity index (χ1n) is 6.89. The van der Waals surface area contributed by atoms with Gasteiger partial charge in [0.25, 0.3) is 0 Å². The number of nitrogens with one attached hydrogen (secondary N) is 2. The molecule has 0 radical (unpaired) electrons. The first-order chi connectivity index (χ1) is 10.1. The summed E-state index contributed by atoms with van der Waals surface area (Å²) in [6.07, 6.45) is 0.888. The Balaban J connectivity index is 2.04. The van der Waals surface area contributed by atoms with Gasteiger partial charge in [-0.15, -0.1) is 0 Å². The van der Waals surface area contributed by atoms with Crippen LogP contribution in [0, 0.1) is 0 Å². The molecule has 112 valence electrons. The lowest BCUT2D eigenvalue weighted by Gasteiger charge is -2.11. The van der Waals surface area contributed by atoms with Crippen LogP contribution < -0.4 is 15.4 Å². The lowest BCUT2D eigenvalue weighted by molar-refractivity contribution is -0.114. The fraction of sp³-hybridized carbons (Fsp3) is 0.312. The zero-order chi connectivity index (χ0) is 15.2. The number of aryl methyl sites for hydroxylation is 1. The number of methoxy groups -OCH3 is 1. The molecule has 0 unspecified atom stereocenters. The minimum Gasteiger partial charge on any atom is -0.494 e. The Morgan fingerprint density at radius 3 is 2.62 bits per heavy atom. The maximum atomic E-state index is 11.1. The molecule has 2 N–H and O–H groups in total. The van der Waals surface area contributed by atoms with Gasteiger partial charge in [-0.05, 0) is 24.3 Å². The Kier molecular flexibility index (Phi) is 4.87. The van der Waals surface area contributed by atoms with Crippen LogP contribution in [0.5, 0.6) is 5.75 Å². The molecule has 0 saturated heterocycles. The molecular formula is C16H20N2O3. The monoisotopic (exact) mass is 288 g/mol. The molecular weight excluding hydrogens is 268 g/mol. The van der Waals surface area contributed by atoms with Crippen LogP contribution in [-0.2, 0) is 17.8 Å². The smallest absolute Gasteiger partial charge is 0.221 e. The molecule has 0 aliphatic carbocycles. The van der Waals surface area contributed by atoms with Gasteiger partial charge < -0.3 is 19.8 Å². The number of carbonyl (C=O) groups excluding carboxylic acids is 1. The van der Waals surface area contributed by atoms with E-state index in [1.54, 1.807) is 7.11 Å². The van der Waals surface area contributed by atoms with Gasteiger partial charge in [-0.2, -0.15) is 0 Å². The van der Waals surface area contributed by atoms with Crippen LogP contribution in [0.1, 0.15) is 25.4 Å². The van der Waals surface area contributed by atoms with E-state index in [4.69, 9.17) is 9.15 Å². The lowest BCUT2D eigenvalue weighted by atomic mass is 10.2. The number of benzene rings is 1. The molecule has 1 aromatic heterocycles. The third kappa shape index (κ3) is 4.02. The minimum absolute atomic E-state index is 0.128. The number of hydrogen-bond acceptors (Lipinski definition) is 4. The Labute approximate surface area is 124 Å².